The first-order chi connectivity index (χ1) is 8.20. The number of hydrogen-bond donors (Lipinski definition) is 1. The van der Waals surface area contributed by atoms with Crippen LogP contribution in [0.2, 0.25) is 0 Å². The van der Waals surface area contributed by atoms with Gasteiger partial charge in [0, 0.05) is 5.69 Å². The van der Waals surface area contributed by atoms with E-state index in [2.05, 4.69) is 4.98 Å². The molecule has 0 unspecified atom stereocenters. The number of aryl methyl sites for hydroxylation is 2. The van der Waals surface area contributed by atoms with Crippen molar-refractivity contribution in [3.05, 3.63) is 22.9 Å². The molecule has 1 heterocycles. The monoisotopic (exact) mass is 278 g/mol. The van der Waals surface area contributed by atoms with Crippen LogP contribution in [0.1, 0.15) is 23.2 Å². The second-order valence-electron chi connectivity index (χ2n) is 3.84. The Morgan fingerprint density at radius 3 is 2.56 bits per heavy atom. The molecule has 1 aromatic rings. The molecule has 0 atom stereocenters. The molecular formula is C11H13F3N2OS. The molecule has 3 nitrogen and oxygen atoms in total. The Morgan fingerprint density at radius 1 is 1.44 bits per heavy atom. The van der Waals surface area contributed by atoms with Gasteiger partial charge in [-0.3, -0.25) is 0 Å². The Balaban J connectivity index is 2.90. The maximum atomic E-state index is 12.0. The lowest BCUT2D eigenvalue weighted by atomic mass is 10.1. The van der Waals surface area contributed by atoms with Crippen LogP contribution in [0.4, 0.5) is 13.2 Å². The number of nitrogens with zero attached hydrogens (tertiary/aromatic N) is 1. The van der Waals surface area contributed by atoms with Crippen molar-refractivity contribution >= 4 is 17.2 Å². The van der Waals surface area contributed by atoms with E-state index in [0.717, 1.165) is 5.56 Å². The second kappa shape index (κ2) is 5.51. The zero-order valence-electron chi connectivity index (χ0n) is 9.97. The highest BCUT2D eigenvalue weighted by molar-refractivity contribution is 7.80. The molecule has 7 heteroatoms. The number of alkyl halides is 3. The van der Waals surface area contributed by atoms with Crippen molar-refractivity contribution < 1.29 is 17.9 Å². The maximum Gasteiger partial charge on any atom is 0.392 e. The Morgan fingerprint density at radius 2 is 2.06 bits per heavy atom. The Labute approximate surface area is 108 Å². The summed E-state index contributed by atoms with van der Waals surface area (Å²) in [4.78, 5) is 4.08. The van der Waals surface area contributed by atoms with Gasteiger partial charge in [0.2, 0.25) is 5.88 Å². The van der Waals surface area contributed by atoms with Crippen LogP contribution >= 0.6 is 12.2 Å². The molecule has 18 heavy (non-hydrogen) atoms. The van der Waals surface area contributed by atoms with Crippen molar-refractivity contribution in [3.63, 3.8) is 0 Å². The van der Waals surface area contributed by atoms with Gasteiger partial charge in [-0.15, -0.1) is 0 Å². The summed E-state index contributed by atoms with van der Waals surface area (Å²) in [5, 5.41) is 0. The van der Waals surface area contributed by atoms with Crippen molar-refractivity contribution in [2.45, 2.75) is 26.4 Å². The van der Waals surface area contributed by atoms with Gasteiger partial charge in [-0.2, -0.15) is 13.2 Å². The van der Waals surface area contributed by atoms with Gasteiger partial charge < -0.3 is 10.5 Å². The first kappa shape index (κ1) is 14.7. The van der Waals surface area contributed by atoms with E-state index >= 15 is 0 Å². The van der Waals surface area contributed by atoms with Gasteiger partial charge in [0.05, 0.1) is 18.6 Å². The largest absolute Gasteiger partial charge is 0.477 e. The highest BCUT2D eigenvalue weighted by Crippen LogP contribution is 2.23. The zero-order valence-corrected chi connectivity index (χ0v) is 10.8. The van der Waals surface area contributed by atoms with Crippen LogP contribution < -0.4 is 10.5 Å². The van der Waals surface area contributed by atoms with E-state index < -0.39 is 19.2 Å². The summed E-state index contributed by atoms with van der Waals surface area (Å²) in [5.74, 6) is 0.0595. The van der Waals surface area contributed by atoms with Crippen LogP contribution in [-0.2, 0) is 0 Å². The molecule has 2 N–H and O–H groups in total. The second-order valence-corrected chi connectivity index (χ2v) is 4.28. The minimum Gasteiger partial charge on any atom is -0.477 e. The molecule has 100 valence electrons. The molecule has 1 aromatic heterocycles. The lowest BCUT2D eigenvalue weighted by molar-refractivity contribution is -0.139. The predicted octanol–water partition coefficient (Wildman–Crippen LogP) is 2.66. The number of aromatic nitrogens is 1. The lowest BCUT2D eigenvalue weighted by Crippen LogP contribution is -2.18. The Hall–Kier alpha value is -1.37. The molecule has 0 spiro atoms. The van der Waals surface area contributed by atoms with Crippen LogP contribution in [0.15, 0.2) is 6.07 Å². The molecule has 0 bridgehead atoms. The minimum absolute atomic E-state index is 0.0574. The summed E-state index contributed by atoms with van der Waals surface area (Å²) in [6.07, 6.45) is -5.30. The van der Waals surface area contributed by atoms with E-state index in [1.54, 1.807) is 19.9 Å². The third-order valence-corrected chi connectivity index (χ3v) is 2.39. The lowest BCUT2D eigenvalue weighted by Gasteiger charge is -2.13. The van der Waals surface area contributed by atoms with Crippen LogP contribution in [0, 0.1) is 13.8 Å². The van der Waals surface area contributed by atoms with Crippen LogP contribution in [0.3, 0.4) is 0 Å². The highest BCUT2D eigenvalue weighted by Gasteiger charge is 2.27. The van der Waals surface area contributed by atoms with E-state index in [1.807, 2.05) is 0 Å². The fourth-order valence-electron chi connectivity index (χ4n) is 1.47. The molecule has 0 saturated carbocycles. The molecule has 0 aromatic carbocycles. The smallest absolute Gasteiger partial charge is 0.392 e. The van der Waals surface area contributed by atoms with Gasteiger partial charge >= 0.3 is 6.18 Å². The van der Waals surface area contributed by atoms with Crippen molar-refractivity contribution in [2.24, 2.45) is 5.73 Å². The average molecular weight is 278 g/mol. The van der Waals surface area contributed by atoms with E-state index in [1.165, 1.54) is 0 Å². The van der Waals surface area contributed by atoms with Crippen molar-refractivity contribution in [1.82, 2.24) is 4.98 Å². The quantitative estimate of drug-likeness (QED) is 0.860. The van der Waals surface area contributed by atoms with E-state index in [-0.39, 0.29) is 10.9 Å². The third kappa shape index (κ3) is 4.14. The fraction of sp³-hybridized carbons (Fsp3) is 0.455. The van der Waals surface area contributed by atoms with Crippen molar-refractivity contribution in [2.75, 3.05) is 6.61 Å². The molecule has 0 aliphatic rings. The summed E-state index contributed by atoms with van der Waals surface area (Å²) < 4.78 is 41.1. The van der Waals surface area contributed by atoms with Gasteiger partial charge in [0.1, 0.15) is 4.99 Å². The summed E-state index contributed by atoms with van der Waals surface area (Å²) in [5.41, 5.74) is 7.27. The SMILES string of the molecule is Cc1cc(C)c(C(N)=S)c(OCCC(F)(F)F)n1. The number of thiocarbonyl (C=S) groups is 1. The number of nitrogens with two attached hydrogens (primary N) is 1. The number of rotatable bonds is 4. The Kier molecular flexibility index (Phi) is 4.50. The van der Waals surface area contributed by atoms with E-state index in [0.29, 0.717) is 11.3 Å². The van der Waals surface area contributed by atoms with Gasteiger partial charge in [-0.1, -0.05) is 12.2 Å². The maximum absolute atomic E-state index is 12.0. The Bertz CT molecular complexity index is 460. The van der Waals surface area contributed by atoms with Gasteiger partial charge in [0.15, 0.2) is 0 Å². The summed E-state index contributed by atoms with van der Waals surface area (Å²) >= 11 is 4.84. The number of ether oxygens (including phenoxy) is 1. The van der Waals surface area contributed by atoms with Crippen LogP contribution in [-0.4, -0.2) is 22.8 Å². The number of hydrogen-bond acceptors (Lipinski definition) is 3. The first-order valence-corrected chi connectivity index (χ1v) is 5.59. The molecule has 0 saturated heterocycles. The van der Waals surface area contributed by atoms with Crippen molar-refractivity contribution in [1.29, 1.82) is 0 Å². The fourth-order valence-corrected chi connectivity index (χ4v) is 1.72. The third-order valence-electron chi connectivity index (χ3n) is 2.18. The van der Waals surface area contributed by atoms with Crippen molar-refractivity contribution in [3.8, 4) is 5.88 Å². The summed E-state index contributed by atoms with van der Waals surface area (Å²) in [6, 6.07) is 1.74. The van der Waals surface area contributed by atoms with E-state index in [4.69, 9.17) is 22.7 Å². The van der Waals surface area contributed by atoms with Crippen LogP contribution in [0.5, 0.6) is 5.88 Å². The zero-order chi connectivity index (χ0) is 13.9. The standard InChI is InChI=1S/C11H13F3N2OS/c1-6-5-7(2)16-10(8(6)9(15)18)17-4-3-11(12,13)14/h5H,3-4H2,1-2H3,(H2,15,18). The molecule has 0 aliphatic carbocycles. The molecule has 0 radical (unpaired) electrons. The predicted molar refractivity (Wildman–Crippen MR) is 65.8 cm³/mol. The minimum atomic E-state index is -4.26. The molecule has 0 fully saturated rings. The van der Waals surface area contributed by atoms with Gasteiger partial charge in [-0.25, -0.2) is 4.98 Å². The average Bonchev–Trinajstić information content (AvgIpc) is 2.13. The van der Waals surface area contributed by atoms with Crippen LogP contribution in [0.25, 0.3) is 0 Å². The van der Waals surface area contributed by atoms with E-state index in [9.17, 15) is 13.2 Å². The molecule has 1 rings (SSSR count). The topological polar surface area (TPSA) is 48.1 Å². The van der Waals surface area contributed by atoms with Gasteiger partial charge in [-0.05, 0) is 25.5 Å². The highest BCUT2D eigenvalue weighted by atomic mass is 32.1. The first-order valence-electron chi connectivity index (χ1n) is 5.18. The normalized spacial score (nSPS) is 11.4. The number of pyridine rings is 1. The van der Waals surface area contributed by atoms with Gasteiger partial charge in [0.25, 0.3) is 0 Å². The number of halogens is 3. The molecular weight excluding hydrogens is 265 g/mol. The summed E-state index contributed by atoms with van der Waals surface area (Å²) in [6.45, 7) is 2.96. The molecule has 0 aliphatic heterocycles. The summed E-state index contributed by atoms with van der Waals surface area (Å²) in [7, 11) is 0. The molecule has 0 amide bonds.